The fourth-order valence-electron chi connectivity index (χ4n) is 0.709. The standard InChI is InChI=1S/C7H10OS/c1-6-3-7(5-9-2)8-4-6/h3-4H,5H2,1-2H3. The van der Waals surface area contributed by atoms with Crippen LogP contribution in [0.15, 0.2) is 16.7 Å². The van der Waals surface area contributed by atoms with E-state index >= 15 is 0 Å². The van der Waals surface area contributed by atoms with Gasteiger partial charge in [-0.15, -0.1) is 0 Å². The van der Waals surface area contributed by atoms with Crippen molar-refractivity contribution in [2.45, 2.75) is 12.7 Å². The Hall–Kier alpha value is -0.370. The van der Waals surface area contributed by atoms with Crippen molar-refractivity contribution in [1.29, 1.82) is 0 Å². The summed E-state index contributed by atoms with van der Waals surface area (Å²) in [7, 11) is 0. The SMILES string of the molecule is CSCc1cc(C)co1. The lowest BCUT2D eigenvalue weighted by Crippen LogP contribution is -1.69. The second-order valence-electron chi connectivity index (χ2n) is 2.02. The van der Waals surface area contributed by atoms with E-state index in [1.54, 1.807) is 18.0 Å². The highest BCUT2D eigenvalue weighted by Crippen LogP contribution is 2.11. The Labute approximate surface area is 59.4 Å². The summed E-state index contributed by atoms with van der Waals surface area (Å²) < 4.78 is 5.18. The Morgan fingerprint density at radius 3 is 2.89 bits per heavy atom. The third-order valence-electron chi connectivity index (χ3n) is 1.07. The quantitative estimate of drug-likeness (QED) is 0.629. The van der Waals surface area contributed by atoms with Gasteiger partial charge in [-0.05, 0) is 24.8 Å². The van der Waals surface area contributed by atoms with Gasteiger partial charge in [0.2, 0.25) is 0 Å². The van der Waals surface area contributed by atoms with Gasteiger partial charge in [0, 0.05) is 0 Å². The zero-order valence-corrected chi connectivity index (χ0v) is 6.49. The van der Waals surface area contributed by atoms with Crippen LogP contribution in [0.4, 0.5) is 0 Å². The minimum atomic E-state index is 0.980. The molecule has 0 amide bonds. The van der Waals surface area contributed by atoms with Crippen LogP contribution in [0.1, 0.15) is 11.3 Å². The molecule has 2 heteroatoms. The molecular formula is C7H10OS. The van der Waals surface area contributed by atoms with Crippen LogP contribution >= 0.6 is 11.8 Å². The van der Waals surface area contributed by atoms with E-state index in [4.69, 9.17) is 4.42 Å². The Balaban J connectivity index is 2.61. The predicted octanol–water partition coefficient (Wildman–Crippen LogP) is 2.45. The first-order valence-corrected chi connectivity index (χ1v) is 4.25. The molecule has 0 N–H and O–H groups in total. The van der Waals surface area contributed by atoms with Crippen molar-refractivity contribution in [2.24, 2.45) is 0 Å². The lowest BCUT2D eigenvalue weighted by molar-refractivity contribution is 0.529. The molecular weight excluding hydrogens is 132 g/mol. The van der Waals surface area contributed by atoms with Gasteiger partial charge in [0.1, 0.15) is 5.76 Å². The number of aryl methyl sites for hydroxylation is 1. The van der Waals surface area contributed by atoms with Crippen molar-refractivity contribution in [3.05, 3.63) is 23.7 Å². The molecule has 1 nitrogen and oxygen atoms in total. The highest BCUT2D eigenvalue weighted by molar-refractivity contribution is 7.97. The number of thioether (sulfide) groups is 1. The molecule has 50 valence electrons. The van der Waals surface area contributed by atoms with Gasteiger partial charge in [-0.2, -0.15) is 11.8 Å². The smallest absolute Gasteiger partial charge is 0.113 e. The third kappa shape index (κ3) is 1.79. The summed E-state index contributed by atoms with van der Waals surface area (Å²) >= 11 is 1.77. The van der Waals surface area contributed by atoms with Crippen LogP contribution in [0.3, 0.4) is 0 Å². The van der Waals surface area contributed by atoms with Gasteiger partial charge in [0.05, 0.1) is 12.0 Å². The maximum atomic E-state index is 5.18. The highest BCUT2D eigenvalue weighted by atomic mass is 32.2. The van der Waals surface area contributed by atoms with E-state index < -0.39 is 0 Å². The predicted molar refractivity (Wildman–Crippen MR) is 40.7 cm³/mol. The molecule has 1 aromatic rings. The Kier molecular flexibility index (Phi) is 2.22. The second-order valence-corrected chi connectivity index (χ2v) is 2.89. The van der Waals surface area contributed by atoms with E-state index in [9.17, 15) is 0 Å². The van der Waals surface area contributed by atoms with Gasteiger partial charge >= 0.3 is 0 Å². The summed E-state index contributed by atoms with van der Waals surface area (Å²) in [5.74, 6) is 2.05. The molecule has 1 aromatic heterocycles. The van der Waals surface area contributed by atoms with Gasteiger partial charge in [-0.3, -0.25) is 0 Å². The van der Waals surface area contributed by atoms with Crippen molar-refractivity contribution < 1.29 is 4.42 Å². The third-order valence-corrected chi connectivity index (χ3v) is 1.64. The molecule has 0 aliphatic heterocycles. The van der Waals surface area contributed by atoms with Gasteiger partial charge < -0.3 is 4.42 Å². The van der Waals surface area contributed by atoms with Crippen molar-refractivity contribution >= 4 is 11.8 Å². The monoisotopic (exact) mass is 142 g/mol. The number of hydrogen-bond donors (Lipinski definition) is 0. The molecule has 0 saturated heterocycles. The first-order valence-electron chi connectivity index (χ1n) is 2.86. The molecule has 0 aromatic carbocycles. The first-order chi connectivity index (χ1) is 4.33. The molecule has 0 fully saturated rings. The fourth-order valence-corrected chi connectivity index (χ4v) is 1.14. The maximum absolute atomic E-state index is 5.18. The normalized spacial score (nSPS) is 10.0. The van der Waals surface area contributed by atoms with Crippen LogP contribution in [0.2, 0.25) is 0 Å². The molecule has 0 radical (unpaired) electrons. The van der Waals surface area contributed by atoms with Crippen LogP contribution in [-0.4, -0.2) is 6.26 Å². The van der Waals surface area contributed by atoms with Gasteiger partial charge in [-0.1, -0.05) is 0 Å². The molecule has 0 atom stereocenters. The van der Waals surface area contributed by atoms with Gasteiger partial charge in [0.25, 0.3) is 0 Å². The minimum Gasteiger partial charge on any atom is -0.468 e. The largest absolute Gasteiger partial charge is 0.468 e. The Morgan fingerprint density at radius 2 is 2.44 bits per heavy atom. The molecule has 0 aliphatic carbocycles. The van der Waals surface area contributed by atoms with Crippen molar-refractivity contribution in [3.8, 4) is 0 Å². The van der Waals surface area contributed by atoms with Crippen LogP contribution in [0, 0.1) is 6.92 Å². The molecule has 1 heterocycles. The fraction of sp³-hybridized carbons (Fsp3) is 0.429. The highest BCUT2D eigenvalue weighted by Gasteiger charge is 1.94. The summed E-state index contributed by atoms with van der Waals surface area (Å²) in [5, 5.41) is 0. The topological polar surface area (TPSA) is 13.1 Å². The van der Waals surface area contributed by atoms with Gasteiger partial charge in [0.15, 0.2) is 0 Å². The average Bonchev–Trinajstić information content (AvgIpc) is 2.17. The molecule has 0 unspecified atom stereocenters. The van der Waals surface area contributed by atoms with Crippen molar-refractivity contribution in [2.75, 3.05) is 6.26 Å². The summed E-state index contributed by atoms with van der Waals surface area (Å²) in [6, 6.07) is 2.07. The van der Waals surface area contributed by atoms with Crippen LogP contribution in [0.25, 0.3) is 0 Å². The summed E-state index contributed by atoms with van der Waals surface area (Å²) in [5.41, 5.74) is 1.21. The lowest BCUT2D eigenvalue weighted by atomic mass is 10.4. The zero-order chi connectivity index (χ0) is 6.69. The Morgan fingerprint density at radius 1 is 1.67 bits per heavy atom. The van der Waals surface area contributed by atoms with Gasteiger partial charge in [-0.25, -0.2) is 0 Å². The number of furan rings is 1. The zero-order valence-electron chi connectivity index (χ0n) is 5.68. The van der Waals surface area contributed by atoms with Crippen LogP contribution < -0.4 is 0 Å². The van der Waals surface area contributed by atoms with E-state index in [1.165, 1.54) is 5.56 Å². The van der Waals surface area contributed by atoms with E-state index in [2.05, 4.69) is 12.3 Å². The average molecular weight is 142 g/mol. The summed E-state index contributed by atoms with van der Waals surface area (Å²) in [6.07, 6.45) is 3.85. The maximum Gasteiger partial charge on any atom is 0.113 e. The Bertz CT molecular complexity index is 181. The van der Waals surface area contributed by atoms with E-state index in [0.29, 0.717) is 0 Å². The van der Waals surface area contributed by atoms with Crippen molar-refractivity contribution in [1.82, 2.24) is 0 Å². The summed E-state index contributed by atoms with van der Waals surface area (Å²) in [6.45, 7) is 2.04. The molecule has 0 bridgehead atoms. The molecule has 0 spiro atoms. The number of rotatable bonds is 2. The molecule has 9 heavy (non-hydrogen) atoms. The lowest BCUT2D eigenvalue weighted by Gasteiger charge is -1.86. The molecule has 1 rings (SSSR count). The van der Waals surface area contributed by atoms with Crippen molar-refractivity contribution in [3.63, 3.8) is 0 Å². The molecule has 0 saturated carbocycles. The van der Waals surface area contributed by atoms with E-state index in [-0.39, 0.29) is 0 Å². The second kappa shape index (κ2) is 2.97. The molecule has 0 aliphatic rings. The minimum absolute atomic E-state index is 0.980. The van der Waals surface area contributed by atoms with Crippen LogP contribution in [0.5, 0.6) is 0 Å². The van der Waals surface area contributed by atoms with E-state index in [1.807, 2.05) is 6.92 Å². The van der Waals surface area contributed by atoms with E-state index in [0.717, 1.165) is 11.5 Å². The first kappa shape index (κ1) is 6.75. The summed E-state index contributed by atoms with van der Waals surface area (Å²) in [4.78, 5) is 0. The van der Waals surface area contributed by atoms with Crippen LogP contribution in [-0.2, 0) is 5.75 Å². The number of hydrogen-bond acceptors (Lipinski definition) is 2.